The maximum absolute atomic E-state index is 10.8. The zero-order valence-corrected chi connectivity index (χ0v) is 5.76. The van der Waals surface area contributed by atoms with Crippen LogP contribution in [0.1, 0.15) is 0 Å². The third-order valence-corrected chi connectivity index (χ3v) is 1.26. The van der Waals surface area contributed by atoms with E-state index in [0.717, 1.165) is 6.54 Å². The first-order valence-electron chi connectivity index (χ1n) is 3.07. The summed E-state index contributed by atoms with van der Waals surface area (Å²) in [7, 11) is 1.37. The fraction of sp³-hybridized carbons (Fsp3) is 0.500. The van der Waals surface area contributed by atoms with E-state index in [1.54, 1.807) is 6.08 Å². The van der Waals surface area contributed by atoms with Crippen molar-refractivity contribution in [2.24, 2.45) is 0 Å². The lowest BCUT2D eigenvalue weighted by molar-refractivity contribution is -0.142. The van der Waals surface area contributed by atoms with Gasteiger partial charge in [0.2, 0.25) is 0 Å². The van der Waals surface area contributed by atoms with Crippen molar-refractivity contribution in [2.45, 2.75) is 6.04 Å². The van der Waals surface area contributed by atoms with Gasteiger partial charge < -0.3 is 4.74 Å². The molecule has 0 aromatic carbocycles. The molecule has 0 saturated carbocycles. The molecule has 2 N–H and O–H groups in total. The number of hydrazine groups is 1. The van der Waals surface area contributed by atoms with Gasteiger partial charge in [-0.1, -0.05) is 12.2 Å². The summed E-state index contributed by atoms with van der Waals surface area (Å²) in [5.41, 5.74) is 5.57. The average Bonchev–Trinajstić information content (AvgIpc) is 2.05. The molecule has 0 aromatic heterocycles. The van der Waals surface area contributed by atoms with Crippen molar-refractivity contribution in [3.8, 4) is 0 Å². The molecule has 0 aromatic rings. The Morgan fingerprint density at radius 1 is 1.80 bits per heavy atom. The molecule has 1 rings (SSSR count). The number of rotatable bonds is 1. The number of carbonyl (C=O) groups is 1. The molecule has 0 bridgehead atoms. The fourth-order valence-electron chi connectivity index (χ4n) is 0.745. The summed E-state index contributed by atoms with van der Waals surface area (Å²) in [5, 5.41) is 0. The van der Waals surface area contributed by atoms with Crippen molar-refractivity contribution < 1.29 is 9.53 Å². The van der Waals surface area contributed by atoms with Crippen LogP contribution in [0, 0.1) is 0 Å². The summed E-state index contributed by atoms with van der Waals surface area (Å²) < 4.78 is 4.50. The molecule has 0 radical (unpaired) electrons. The monoisotopic (exact) mass is 142 g/mol. The Morgan fingerprint density at radius 3 is 3.10 bits per heavy atom. The number of esters is 1. The van der Waals surface area contributed by atoms with Gasteiger partial charge in [-0.3, -0.25) is 5.43 Å². The molecule has 0 amide bonds. The lowest BCUT2D eigenvalue weighted by Crippen LogP contribution is -2.47. The predicted molar refractivity (Wildman–Crippen MR) is 36.1 cm³/mol. The van der Waals surface area contributed by atoms with Crippen molar-refractivity contribution in [1.29, 1.82) is 0 Å². The largest absolute Gasteiger partial charge is 0.468 e. The van der Waals surface area contributed by atoms with Gasteiger partial charge in [-0.2, -0.15) is 0 Å². The van der Waals surface area contributed by atoms with E-state index in [4.69, 9.17) is 0 Å². The fourth-order valence-corrected chi connectivity index (χ4v) is 0.745. The van der Waals surface area contributed by atoms with Gasteiger partial charge in [0.15, 0.2) is 0 Å². The molecular formula is C6H10N2O2. The minimum absolute atomic E-state index is 0.275. The van der Waals surface area contributed by atoms with Crippen LogP contribution in [0.3, 0.4) is 0 Å². The van der Waals surface area contributed by atoms with Crippen LogP contribution in [0.4, 0.5) is 0 Å². The van der Waals surface area contributed by atoms with Crippen LogP contribution in [0.15, 0.2) is 12.2 Å². The SMILES string of the molecule is COC(=O)C1C=CCNN1. The quantitative estimate of drug-likeness (QED) is 0.371. The Balaban J connectivity index is 2.46. The van der Waals surface area contributed by atoms with E-state index >= 15 is 0 Å². The topological polar surface area (TPSA) is 50.4 Å². The van der Waals surface area contributed by atoms with Crippen LogP contribution in [0.2, 0.25) is 0 Å². The zero-order valence-electron chi connectivity index (χ0n) is 5.76. The standard InChI is InChI=1S/C6H10N2O2/c1-10-6(9)5-3-2-4-7-8-5/h2-3,5,7-8H,4H2,1H3. The highest BCUT2D eigenvalue weighted by molar-refractivity contribution is 5.77. The molecule has 1 unspecified atom stereocenters. The molecule has 56 valence electrons. The highest BCUT2D eigenvalue weighted by Gasteiger charge is 2.15. The van der Waals surface area contributed by atoms with Crippen molar-refractivity contribution in [1.82, 2.24) is 10.9 Å². The first kappa shape index (κ1) is 7.24. The molecule has 1 aliphatic rings. The first-order valence-corrected chi connectivity index (χ1v) is 3.07. The molecule has 1 atom stereocenters. The Morgan fingerprint density at radius 2 is 2.60 bits per heavy atom. The van der Waals surface area contributed by atoms with E-state index in [1.165, 1.54) is 7.11 Å². The van der Waals surface area contributed by atoms with Gasteiger partial charge in [-0.15, -0.1) is 0 Å². The third-order valence-electron chi connectivity index (χ3n) is 1.26. The van der Waals surface area contributed by atoms with E-state index in [2.05, 4.69) is 15.6 Å². The van der Waals surface area contributed by atoms with Crippen LogP contribution in [-0.2, 0) is 9.53 Å². The highest BCUT2D eigenvalue weighted by Crippen LogP contribution is 1.91. The Labute approximate surface area is 59.2 Å². The molecule has 10 heavy (non-hydrogen) atoms. The molecular weight excluding hydrogens is 132 g/mol. The number of ether oxygens (including phenoxy) is 1. The maximum Gasteiger partial charge on any atom is 0.328 e. The van der Waals surface area contributed by atoms with Gasteiger partial charge in [-0.05, 0) is 0 Å². The number of carbonyl (C=O) groups excluding carboxylic acids is 1. The van der Waals surface area contributed by atoms with E-state index < -0.39 is 0 Å². The van der Waals surface area contributed by atoms with E-state index in [0.29, 0.717) is 0 Å². The summed E-state index contributed by atoms with van der Waals surface area (Å²) in [4.78, 5) is 10.8. The lowest BCUT2D eigenvalue weighted by atomic mass is 10.2. The summed E-state index contributed by atoms with van der Waals surface area (Å²) in [6, 6.07) is -0.334. The van der Waals surface area contributed by atoms with E-state index in [9.17, 15) is 4.79 Å². The number of hydrogen-bond donors (Lipinski definition) is 2. The van der Waals surface area contributed by atoms with Crippen molar-refractivity contribution in [3.63, 3.8) is 0 Å². The van der Waals surface area contributed by atoms with Crippen molar-refractivity contribution in [3.05, 3.63) is 12.2 Å². The normalized spacial score (nSPS) is 24.3. The number of hydrogen-bond acceptors (Lipinski definition) is 4. The minimum Gasteiger partial charge on any atom is -0.468 e. The van der Waals surface area contributed by atoms with Gasteiger partial charge in [0.1, 0.15) is 6.04 Å². The summed E-state index contributed by atoms with van der Waals surface area (Å²) in [5.74, 6) is -0.275. The van der Waals surface area contributed by atoms with Crippen molar-refractivity contribution in [2.75, 3.05) is 13.7 Å². The van der Waals surface area contributed by atoms with Gasteiger partial charge in [0, 0.05) is 6.54 Å². The molecule has 4 heteroatoms. The van der Waals surface area contributed by atoms with E-state index in [-0.39, 0.29) is 12.0 Å². The molecule has 1 heterocycles. The Bertz CT molecular complexity index is 156. The molecule has 0 fully saturated rings. The van der Waals surface area contributed by atoms with Crippen LogP contribution in [0.25, 0.3) is 0 Å². The van der Waals surface area contributed by atoms with Gasteiger partial charge in [0.25, 0.3) is 0 Å². The minimum atomic E-state index is -0.334. The number of nitrogens with one attached hydrogen (secondary N) is 2. The molecule has 0 aliphatic carbocycles. The Hall–Kier alpha value is -0.870. The summed E-state index contributed by atoms with van der Waals surface area (Å²) in [6.45, 7) is 0.744. The smallest absolute Gasteiger partial charge is 0.328 e. The van der Waals surface area contributed by atoms with Gasteiger partial charge in [0.05, 0.1) is 7.11 Å². The van der Waals surface area contributed by atoms with Crippen LogP contribution in [-0.4, -0.2) is 25.7 Å². The van der Waals surface area contributed by atoms with Crippen LogP contribution < -0.4 is 10.9 Å². The van der Waals surface area contributed by atoms with E-state index in [1.807, 2.05) is 6.08 Å². The zero-order chi connectivity index (χ0) is 7.40. The predicted octanol–water partition coefficient (Wildman–Crippen LogP) is -0.808. The van der Waals surface area contributed by atoms with Gasteiger partial charge in [-0.25, -0.2) is 10.2 Å². The van der Waals surface area contributed by atoms with Crippen molar-refractivity contribution >= 4 is 5.97 Å². The molecule has 0 spiro atoms. The molecule has 4 nitrogen and oxygen atoms in total. The third kappa shape index (κ3) is 1.55. The maximum atomic E-state index is 10.8. The second kappa shape index (κ2) is 3.34. The van der Waals surface area contributed by atoms with Crippen LogP contribution in [0.5, 0.6) is 0 Å². The first-order chi connectivity index (χ1) is 4.84. The Kier molecular flexibility index (Phi) is 2.42. The lowest BCUT2D eigenvalue weighted by Gasteiger charge is -2.16. The molecule has 0 saturated heterocycles. The average molecular weight is 142 g/mol. The highest BCUT2D eigenvalue weighted by atomic mass is 16.5. The number of methoxy groups -OCH3 is 1. The molecule has 1 aliphatic heterocycles. The second-order valence-corrected chi connectivity index (χ2v) is 1.95. The summed E-state index contributed by atoms with van der Waals surface area (Å²) in [6.07, 6.45) is 3.64. The van der Waals surface area contributed by atoms with Gasteiger partial charge >= 0.3 is 5.97 Å². The summed E-state index contributed by atoms with van der Waals surface area (Å²) >= 11 is 0. The van der Waals surface area contributed by atoms with Crippen LogP contribution >= 0.6 is 0 Å². The second-order valence-electron chi connectivity index (χ2n) is 1.95.